The summed E-state index contributed by atoms with van der Waals surface area (Å²) in [5.41, 5.74) is 2.39. The summed E-state index contributed by atoms with van der Waals surface area (Å²) in [5, 5.41) is 11.5. The summed E-state index contributed by atoms with van der Waals surface area (Å²) in [7, 11) is 1.49. The first-order valence-corrected chi connectivity index (χ1v) is 8.97. The topological polar surface area (TPSA) is 77.6 Å². The number of carbonyl (C=O) groups excluding carboxylic acids is 1. The fourth-order valence-corrected chi connectivity index (χ4v) is 3.67. The van der Waals surface area contributed by atoms with Gasteiger partial charge in [-0.15, -0.1) is 0 Å². The molecule has 0 radical (unpaired) electrons. The number of amides is 1. The van der Waals surface area contributed by atoms with E-state index >= 15 is 0 Å². The Balaban J connectivity index is 1.75. The van der Waals surface area contributed by atoms with E-state index in [-0.39, 0.29) is 11.6 Å². The lowest BCUT2D eigenvalue weighted by atomic mass is 10.1. The SMILES string of the molecule is COc1cc(-n2cccc2)c(Cl)cc1C(=O)N1CCc2ccc([N+](=O)[O-])cc21. The Morgan fingerprint density at radius 3 is 2.61 bits per heavy atom. The van der Waals surface area contributed by atoms with Crippen LogP contribution < -0.4 is 9.64 Å². The van der Waals surface area contributed by atoms with Crippen LogP contribution in [0, 0.1) is 10.1 Å². The molecule has 8 heteroatoms. The Morgan fingerprint density at radius 2 is 1.93 bits per heavy atom. The number of carbonyl (C=O) groups is 1. The van der Waals surface area contributed by atoms with E-state index in [0.29, 0.717) is 40.7 Å². The number of non-ortho nitro benzene ring substituents is 1. The van der Waals surface area contributed by atoms with E-state index in [1.165, 1.54) is 24.1 Å². The van der Waals surface area contributed by atoms with Crippen molar-refractivity contribution in [3.63, 3.8) is 0 Å². The molecule has 0 aliphatic carbocycles. The molecule has 0 atom stereocenters. The molecular weight excluding hydrogens is 382 g/mol. The summed E-state index contributed by atoms with van der Waals surface area (Å²) < 4.78 is 7.27. The molecule has 2 aromatic carbocycles. The van der Waals surface area contributed by atoms with Gasteiger partial charge in [-0.2, -0.15) is 0 Å². The minimum atomic E-state index is -0.468. The smallest absolute Gasteiger partial charge is 0.271 e. The van der Waals surface area contributed by atoms with Crippen molar-refractivity contribution in [2.75, 3.05) is 18.6 Å². The van der Waals surface area contributed by atoms with Crippen molar-refractivity contribution in [1.82, 2.24) is 4.57 Å². The number of fused-ring (bicyclic) bond motifs is 1. The number of nitro benzene ring substituents is 1. The normalized spacial score (nSPS) is 12.7. The van der Waals surface area contributed by atoms with Gasteiger partial charge in [0.25, 0.3) is 11.6 Å². The number of methoxy groups -OCH3 is 1. The van der Waals surface area contributed by atoms with Crippen molar-refractivity contribution >= 4 is 28.9 Å². The molecule has 7 nitrogen and oxygen atoms in total. The van der Waals surface area contributed by atoms with Gasteiger partial charge in [0, 0.05) is 37.1 Å². The second-order valence-electron chi connectivity index (χ2n) is 6.37. The predicted octanol–water partition coefficient (Wildman–Crippen LogP) is 4.25. The minimum absolute atomic E-state index is 0.0496. The van der Waals surface area contributed by atoms with Crippen molar-refractivity contribution in [2.45, 2.75) is 6.42 Å². The van der Waals surface area contributed by atoms with Gasteiger partial charge >= 0.3 is 0 Å². The van der Waals surface area contributed by atoms with E-state index in [1.807, 2.05) is 29.1 Å². The van der Waals surface area contributed by atoms with Crippen LogP contribution >= 0.6 is 11.6 Å². The summed E-state index contributed by atoms with van der Waals surface area (Å²) in [5.74, 6) is 0.0778. The van der Waals surface area contributed by atoms with Crippen LogP contribution in [0.2, 0.25) is 5.02 Å². The standard InChI is InChI=1S/C20H16ClN3O4/c1-28-19-12-18(22-7-2-3-8-22)16(21)11-15(19)20(25)23-9-6-13-4-5-14(24(26)27)10-17(13)23/h2-5,7-8,10-12H,6,9H2,1H3. The first-order chi connectivity index (χ1) is 13.5. The van der Waals surface area contributed by atoms with Crippen LogP contribution in [0.15, 0.2) is 54.9 Å². The van der Waals surface area contributed by atoms with E-state index < -0.39 is 4.92 Å². The van der Waals surface area contributed by atoms with Crippen LogP contribution in [-0.2, 0) is 6.42 Å². The fourth-order valence-electron chi connectivity index (χ4n) is 3.41. The highest BCUT2D eigenvalue weighted by atomic mass is 35.5. The number of nitro groups is 1. The van der Waals surface area contributed by atoms with Crippen LogP contribution in [0.4, 0.5) is 11.4 Å². The van der Waals surface area contributed by atoms with Gasteiger partial charge < -0.3 is 14.2 Å². The Hall–Kier alpha value is -3.32. The van der Waals surface area contributed by atoms with E-state index in [4.69, 9.17) is 16.3 Å². The van der Waals surface area contributed by atoms with E-state index in [9.17, 15) is 14.9 Å². The van der Waals surface area contributed by atoms with Crippen molar-refractivity contribution in [2.24, 2.45) is 0 Å². The maximum atomic E-state index is 13.2. The zero-order chi connectivity index (χ0) is 19.8. The fraction of sp³-hybridized carbons (Fsp3) is 0.150. The van der Waals surface area contributed by atoms with Gasteiger partial charge in [-0.25, -0.2) is 0 Å². The molecule has 28 heavy (non-hydrogen) atoms. The third kappa shape index (κ3) is 2.99. The molecule has 0 N–H and O–H groups in total. The number of ether oxygens (including phenoxy) is 1. The van der Waals surface area contributed by atoms with Crippen molar-refractivity contribution in [3.8, 4) is 11.4 Å². The largest absolute Gasteiger partial charge is 0.496 e. The van der Waals surface area contributed by atoms with Crippen molar-refractivity contribution < 1.29 is 14.5 Å². The zero-order valence-corrected chi connectivity index (χ0v) is 15.7. The lowest BCUT2D eigenvalue weighted by Gasteiger charge is -2.20. The lowest BCUT2D eigenvalue weighted by Crippen LogP contribution is -2.29. The highest BCUT2D eigenvalue weighted by molar-refractivity contribution is 6.33. The Kier molecular flexibility index (Phi) is 4.52. The first-order valence-electron chi connectivity index (χ1n) is 8.59. The molecule has 1 amide bonds. The number of anilines is 1. The lowest BCUT2D eigenvalue weighted by molar-refractivity contribution is -0.384. The molecule has 1 aliphatic heterocycles. The zero-order valence-electron chi connectivity index (χ0n) is 15.0. The van der Waals surface area contributed by atoms with E-state index in [0.717, 1.165) is 5.56 Å². The summed E-state index contributed by atoms with van der Waals surface area (Å²) in [6, 6.07) is 11.6. The molecule has 0 bridgehead atoms. The van der Waals surface area contributed by atoms with Gasteiger partial charge in [-0.3, -0.25) is 14.9 Å². The number of rotatable bonds is 4. The monoisotopic (exact) mass is 397 g/mol. The van der Waals surface area contributed by atoms with Crippen LogP contribution in [0.5, 0.6) is 5.75 Å². The molecule has 4 rings (SSSR count). The maximum absolute atomic E-state index is 13.2. The van der Waals surface area contributed by atoms with Crippen molar-refractivity contribution in [1.29, 1.82) is 0 Å². The van der Waals surface area contributed by atoms with Crippen molar-refractivity contribution in [3.05, 3.63) is 81.1 Å². The second kappa shape index (κ2) is 7.01. The number of hydrogen-bond donors (Lipinski definition) is 0. The third-order valence-electron chi connectivity index (χ3n) is 4.80. The molecule has 1 aliphatic rings. The average Bonchev–Trinajstić information content (AvgIpc) is 3.36. The summed E-state index contributed by atoms with van der Waals surface area (Å²) in [4.78, 5) is 25.4. The second-order valence-corrected chi connectivity index (χ2v) is 6.78. The number of nitrogens with zero attached hydrogens (tertiary/aromatic N) is 3. The molecule has 3 aromatic rings. The van der Waals surface area contributed by atoms with E-state index in [1.54, 1.807) is 18.2 Å². The average molecular weight is 398 g/mol. The van der Waals surface area contributed by atoms with Crippen LogP contribution in [0.25, 0.3) is 5.69 Å². The number of aromatic nitrogens is 1. The van der Waals surface area contributed by atoms with Gasteiger partial charge in [0.15, 0.2) is 0 Å². The molecule has 0 unspecified atom stereocenters. The summed E-state index contributed by atoms with van der Waals surface area (Å²) >= 11 is 6.43. The summed E-state index contributed by atoms with van der Waals surface area (Å²) in [6.45, 7) is 0.440. The van der Waals surface area contributed by atoms with Crippen LogP contribution in [-0.4, -0.2) is 29.1 Å². The first kappa shape index (κ1) is 18.1. The quantitative estimate of drug-likeness (QED) is 0.487. The maximum Gasteiger partial charge on any atom is 0.271 e. The number of hydrogen-bond acceptors (Lipinski definition) is 4. The molecule has 0 saturated carbocycles. The predicted molar refractivity (Wildman–Crippen MR) is 106 cm³/mol. The van der Waals surface area contributed by atoms with Crippen LogP contribution in [0.1, 0.15) is 15.9 Å². The van der Waals surface area contributed by atoms with Crippen LogP contribution in [0.3, 0.4) is 0 Å². The molecule has 0 fully saturated rings. The Morgan fingerprint density at radius 1 is 1.18 bits per heavy atom. The van der Waals surface area contributed by atoms with E-state index in [2.05, 4.69) is 0 Å². The van der Waals surface area contributed by atoms with Gasteiger partial charge in [0.2, 0.25) is 0 Å². The minimum Gasteiger partial charge on any atom is -0.496 e. The van der Waals surface area contributed by atoms with Gasteiger partial charge in [-0.1, -0.05) is 17.7 Å². The number of benzene rings is 2. The highest BCUT2D eigenvalue weighted by Gasteiger charge is 2.29. The Labute approximate surface area is 165 Å². The molecule has 142 valence electrons. The number of halogens is 1. The van der Waals surface area contributed by atoms with Gasteiger partial charge in [-0.05, 0) is 30.2 Å². The molecule has 1 aromatic heterocycles. The van der Waals surface area contributed by atoms with Gasteiger partial charge in [0.05, 0.1) is 34.0 Å². The molecule has 2 heterocycles. The molecule has 0 spiro atoms. The van der Waals surface area contributed by atoms with Gasteiger partial charge in [0.1, 0.15) is 5.75 Å². The molecule has 0 saturated heterocycles. The Bertz CT molecular complexity index is 1080. The highest BCUT2D eigenvalue weighted by Crippen LogP contribution is 2.36. The summed E-state index contributed by atoms with van der Waals surface area (Å²) in [6.07, 6.45) is 4.33. The molecular formula is C20H16ClN3O4. The third-order valence-corrected chi connectivity index (χ3v) is 5.11.